The minimum absolute atomic E-state index is 0.118. The molecule has 2 aliphatic rings. The number of rotatable bonds is 1. The summed E-state index contributed by atoms with van der Waals surface area (Å²) in [5, 5.41) is 3.32. The summed E-state index contributed by atoms with van der Waals surface area (Å²) < 4.78 is 0. The summed E-state index contributed by atoms with van der Waals surface area (Å²) in [6.07, 6.45) is 4.78. The van der Waals surface area contributed by atoms with Gasteiger partial charge in [-0.1, -0.05) is 19.9 Å². The Bertz CT molecular complexity index is 277. The highest BCUT2D eigenvalue weighted by atomic mass is 16.1. The summed E-state index contributed by atoms with van der Waals surface area (Å²) in [7, 11) is 0. The first kappa shape index (κ1) is 10.8. The fourth-order valence-electron chi connectivity index (χ4n) is 2.39. The summed E-state index contributed by atoms with van der Waals surface area (Å²) in [5.74, 6) is 0.288. The standard InChI is InChI=1S/C12H20N2O/c1-12(2)4-3-11(15)10(9-12)14-7-5-13-6-8-14/h3-4,10,13H,5-9H2,1-2H3. The summed E-state index contributed by atoms with van der Waals surface area (Å²) in [6.45, 7) is 8.42. The van der Waals surface area contributed by atoms with E-state index in [1.807, 2.05) is 6.08 Å². The van der Waals surface area contributed by atoms with Gasteiger partial charge in [0.25, 0.3) is 0 Å². The molecule has 3 nitrogen and oxygen atoms in total. The van der Waals surface area contributed by atoms with Gasteiger partial charge < -0.3 is 5.32 Å². The minimum Gasteiger partial charge on any atom is -0.314 e. The highest BCUT2D eigenvalue weighted by molar-refractivity contribution is 5.95. The number of allylic oxidation sites excluding steroid dienone is 1. The number of hydrogen-bond donors (Lipinski definition) is 1. The molecule has 15 heavy (non-hydrogen) atoms. The van der Waals surface area contributed by atoms with Gasteiger partial charge in [-0.2, -0.15) is 0 Å². The first-order valence-electron chi connectivity index (χ1n) is 5.76. The largest absolute Gasteiger partial charge is 0.314 e. The molecule has 0 saturated carbocycles. The van der Waals surface area contributed by atoms with Gasteiger partial charge in [0.15, 0.2) is 5.78 Å². The summed E-state index contributed by atoms with van der Waals surface area (Å²) in [4.78, 5) is 14.2. The lowest BCUT2D eigenvalue weighted by Gasteiger charge is -2.39. The summed E-state index contributed by atoms with van der Waals surface area (Å²) in [6, 6.07) is 0.118. The Kier molecular flexibility index (Phi) is 2.94. The van der Waals surface area contributed by atoms with Gasteiger partial charge in [0, 0.05) is 26.2 Å². The van der Waals surface area contributed by atoms with Crippen LogP contribution >= 0.6 is 0 Å². The van der Waals surface area contributed by atoms with E-state index in [4.69, 9.17) is 0 Å². The van der Waals surface area contributed by atoms with Crippen molar-refractivity contribution in [2.24, 2.45) is 5.41 Å². The van der Waals surface area contributed by atoms with Crippen molar-refractivity contribution >= 4 is 5.78 Å². The predicted molar refractivity (Wildman–Crippen MR) is 60.8 cm³/mol. The topological polar surface area (TPSA) is 32.3 Å². The number of ketones is 1. The second-order valence-corrected chi connectivity index (χ2v) is 5.23. The molecule has 1 heterocycles. The van der Waals surface area contributed by atoms with Crippen LogP contribution in [0.15, 0.2) is 12.2 Å². The van der Waals surface area contributed by atoms with E-state index in [1.165, 1.54) is 0 Å². The Morgan fingerprint density at radius 3 is 2.73 bits per heavy atom. The third-order valence-corrected chi connectivity index (χ3v) is 3.34. The van der Waals surface area contributed by atoms with Gasteiger partial charge in [-0.15, -0.1) is 0 Å². The van der Waals surface area contributed by atoms with E-state index >= 15 is 0 Å². The van der Waals surface area contributed by atoms with Crippen LogP contribution in [0.2, 0.25) is 0 Å². The van der Waals surface area contributed by atoms with E-state index in [2.05, 4.69) is 24.1 Å². The average molecular weight is 208 g/mol. The van der Waals surface area contributed by atoms with Crippen molar-refractivity contribution < 1.29 is 4.79 Å². The molecular weight excluding hydrogens is 188 g/mol. The maximum Gasteiger partial charge on any atom is 0.172 e. The van der Waals surface area contributed by atoms with E-state index in [1.54, 1.807) is 6.08 Å². The maximum absolute atomic E-state index is 11.8. The van der Waals surface area contributed by atoms with Crippen LogP contribution in [0.25, 0.3) is 0 Å². The fraction of sp³-hybridized carbons (Fsp3) is 0.750. The van der Waals surface area contributed by atoms with E-state index in [9.17, 15) is 4.79 Å². The third kappa shape index (κ3) is 2.47. The van der Waals surface area contributed by atoms with E-state index in [0.29, 0.717) is 0 Å². The molecule has 1 N–H and O–H groups in total. The van der Waals surface area contributed by atoms with Crippen LogP contribution in [0.5, 0.6) is 0 Å². The van der Waals surface area contributed by atoms with Gasteiger partial charge in [0.05, 0.1) is 6.04 Å². The molecule has 2 rings (SSSR count). The van der Waals surface area contributed by atoms with Crippen LogP contribution in [0.3, 0.4) is 0 Å². The van der Waals surface area contributed by atoms with Gasteiger partial charge in [0.2, 0.25) is 0 Å². The lowest BCUT2D eigenvalue weighted by molar-refractivity contribution is -0.121. The molecule has 1 fully saturated rings. The van der Waals surface area contributed by atoms with Crippen LogP contribution in [0, 0.1) is 5.41 Å². The number of carbonyl (C=O) groups excluding carboxylic acids is 1. The van der Waals surface area contributed by atoms with Crippen molar-refractivity contribution in [3.05, 3.63) is 12.2 Å². The van der Waals surface area contributed by atoms with Crippen LogP contribution in [-0.2, 0) is 4.79 Å². The Labute approximate surface area is 91.5 Å². The highest BCUT2D eigenvalue weighted by Gasteiger charge is 2.33. The number of piperazine rings is 1. The number of carbonyl (C=O) groups is 1. The maximum atomic E-state index is 11.8. The predicted octanol–water partition coefficient (Wildman–Crippen LogP) is 0.815. The van der Waals surface area contributed by atoms with E-state index in [-0.39, 0.29) is 17.2 Å². The summed E-state index contributed by atoms with van der Waals surface area (Å²) in [5.41, 5.74) is 0.170. The molecule has 84 valence electrons. The molecule has 1 unspecified atom stereocenters. The Hall–Kier alpha value is -0.670. The van der Waals surface area contributed by atoms with Gasteiger partial charge in [-0.25, -0.2) is 0 Å². The quantitative estimate of drug-likeness (QED) is 0.692. The van der Waals surface area contributed by atoms with Crippen molar-refractivity contribution in [1.29, 1.82) is 0 Å². The van der Waals surface area contributed by atoms with Gasteiger partial charge >= 0.3 is 0 Å². The van der Waals surface area contributed by atoms with Crippen molar-refractivity contribution in [2.45, 2.75) is 26.3 Å². The monoisotopic (exact) mass is 208 g/mol. The van der Waals surface area contributed by atoms with Crippen molar-refractivity contribution in [2.75, 3.05) is 26.2 Å². The Balaban J connectivity index is 2.08. The smallest absolute Gasteiger partial charge is 0.172 e. The van der Waals surface area contributed by atoms with Crippen molar-refractivity contribution in [1.82, 2.24) is 10.2 Å². The highest BCUT2D eigenvalue weighted by Crippen LogP contribution is 2.30. The van der Waals surface area contributed by atoms with Crippen molar-refractivity contribution in [3.63, 3.8) is 0 Å². The molecule has 1 aliphatic heterocycles. The molecule has 0 amide bonds. The van der Waals surface area contributed by atoms with Gasteiger partial charge in [-0.3, -0.25) is 9.69 Å². The molecule has 1 atom stereocenters. The first-order chi connectivity index (χ1) is 7.08. The Morgan fingerprint density at radius 1 is 1.40 bits per heavy atom. The minimum atomic E-state index is 0.118. The molecule has 0 bridgehead atoms. The van der Waals surface area contributed by atoms with Crippen LogP contribution in [0.4, 0.5) is 0 Å². The lowest BCUT2D eigenvalue weighted by Crippen LogP contribution is -2.52. The number of nitrogens with zero attached hydrogens (tertiary/aromatic N) is 1. The van der Waals surface area contributed by atoms with E-state index in [0.717, 1.165) is 32.6 Å². The zero-order valence-corrected chi connectivity index (χ0v) is 9.62. The molecule has 0 spiro atoms. The van der Waals surface area contributed by atoms with Crippen LogP contribution < -0.4 is 5.32 Å². The van der Waals surface area contributed by atoms with Crippen LogP contribution in [0.1, 0.15) is 20.3 Å². The average Bonchev–Trinajstić information content (AvgIpc) is 2.23. The molecule has 3 heteroatoms. The number of nitrogens with one attached hydrogen (secondary N) is 1. The van der Waals surface area contributed by atoms with E-state index < -0.39 is 0 Å². The molecule has 1 saturated heterocycles. The zero-order chi connectivity index (χ0) is 10.9. The Morgan fingerprint density at radius 2 is 2.07 bits per heavy atom. The second-order valence-electron chi connectivity index (χ2n) is 5.23. The molecule has 0 aromatic heterocycles. The second kappa shape index (κ2) is 4.06. The molecule has 0 aromatic carbocycles. The fourth-order valence-corrected chi connectivity index (χ4v) is 2.39. The van der Waals surface area contributed by atoms with Crippen LogP contribution in [-0.4, -0.2) is 42.9 Å². The molecule has 0 aromatic rings. The zero-order valence-electron chi connectivity index (χ0n) is 9.62. The number of hydrogen-bond acceptors (Lipinski definition) is 3. The lowest BCUT2D eigenvalue weighted by atomic mass is 9.79. The first-order valence-corrected chi connectivity index (χ1v) is 5.76. The normalized spacial score (nSPS) is 31.9. The third-order valence-electron chi connectivity index (χ3n) is 3.34. The summed E-state index contributed by atoms with van der Waals surface area (Å²) >= 11 is 0. The molecular formula is C12H20N2O. The molecule has 1 aliphatic carbocycles. The molecule has 0 radical (unpaired) electrons. The van der Waals surface area contributed by atoms with Gasteiger partial charge in [-0.05, 0) is 17.9 Å². The van der Waals surface area contributed by atoms with Gasteiger partial charge in [0.1, 0.15) is 0 Å². The van der Waals surface area contributed by atoms with Crippen molar-refractivity contribution in [3.8, 4) is 0 Å². The SMILES string of the molecule is CC1(C)C=CC(=O)C(N2CCNCC2)C1.